The molecule has 0 unspecified atom stereocenters. The van der Waals surface area contributed by atoms with E-state index in [0.29, 0.717) is 6.67 Å². The summed E-state index contributed by atoms with van der Waals surface area (Å²) < 4.78 is 5.65. The van der Waals surface area contributed by atoms with Gasteiger partial charge in [-0.25, -0.2) is 0 Å². The summed E-state index contributed by atoms with van der Waals surface area (Å²) in [4.78, 5) is 4.10. The smallest absolute Gasteiger partial charge is 0.220 e. The highest BCUT2D eigenvalue weighted by Crippen LogP contribution is 2.31. The highest BCUT2D eigenvalue weighted by molar-refractivity contribution is 5.86. The Hall–Kier alpha value is -1.97. The van der Waals surface area contributed by atoms with Crippen LogP contribution in [0.25, 0.3) is 0 Å². The van der Waals surface area contributed by atoms with Gasteiger partial charge in [-0.1, -0.05) is 12.1 Å². The number of benzene rings is 1. The minimum atomic E-state index is 0.572. The molecule has 70 valence electrons. The summed E-state index contributed by atoms with van der Waals surface area (Å²) in [5.74, 6) is 1.59. The average molecular weight is 187 g/mol. The first-order valence-corrected chi connectivity index (χ1v) is 4.45. The van der Waals surface area contributed by atoms with E-state index in [4.69, 9.17) is 4.74 Å². The molecule has 3 rings (SSSR count). The van der Waals surface area contributed by atoms with Crippen molar-refractivity contribution < 1.29 is 4.74 Å². The maximum atomic E-state index is 5.65. The molecule has 4 nitrogen and oxygen atoms in total. The van der Waals surface area contributed by atoms with Gasteiger partial charge >= 0.3 is 0 Å². The molecule has 4 heteroatoms. The third kappa shape index (κ3) is 1.04. The Morgan fingerprint density at radius 3 is 3.21 bits per heavy atom. The number of fused-ring (bicyclic) bond motifs is 1. The number of hydrogen-bond acceptors (Lipinski definition) is 4. The van der Waals surface area contributed by atoms with E-state index >= 15 is 0 Å². The van der Waals surface area contributed by atoms with Crippen molar-refractivity contribution in [2.75, 3.05) is 12.0 Å². The van der Waals surface area contributed by atoms with Crippen molar-refractivity contribution in [1.82, 2.24) is 5.32 Å². The number of aliphatic imine (C=N–C) groups is 1. The molecule has 2 N–H and O–H groups in total. The molecule has 0 atom stereocenters. The van der Waals surface area contributed by atoms with Crippen LogP contribution in [0, 0.1) is 0 Å². The fraction of sp³-hybridized carbons (Fsp3) is 0.100. The molecule has 2 aliphatic heterocycles. The Labute approximate surface area is 81.3 Å². The molecular weight excluding hydrogens is 178 g/mol. The summed E-state index contributed by atoms with van der Waals surface area (Å²) in [5, 5.41) is 6.30. The normalized spacial score (nSPS) is 17.4. The number of rotatable bonds is 0. The standard InChI is InChI=1S/C10H9N3O/c1-2-4-9-7(3-1)13-8-5-11-6-12-10(8)14-9/h1-5,12-13H,6H2. The first-order valence-electron chi connectivity index (χ1n) is 4.45. The molecule has 0 saturated heterocycles. The van der Waals surface area contributed by atoms with Gasteiger partial charge < -0.3 is 15.4 Å². The Balaban J connectivity index is 2.03. The zero-order valence-electron chi connectivity index (χ0n) is 7.45. The molecule has 0 aliphatic carbocycles. The lowest BCUT2D eigenvalue weighted by Gasteiger charge is -2.25. The van der Waals surface area contributed by atoms with Crippen LogP contribution in [0.15, 0.2) is 40.8 Å². The van der Waals surface area contributed by atoms with Crippen molar-refractivity contribution in [1.29, 1.82) is 0 Å². The summed E-state index contributed by atoms with van der Waals surface area (Å²) in [7, 11) is 0. The van der Waals surface area contributed by atoms with Gasteiger partial charge in [-0.2, -0.15) is 0 Å². The molecular formula is C10H9N3O. The van der Waals surface area contributed by atoms with E-state index in [1.54, 1.807) is 6.21 Å². The first-order chi connectivity index (χ1) is 6.93. The molecule has 2 aliphatic rings. The lowest BCUT2D eigenvalue weighted by Crippen LogP contribution is -2.29. The van der Waals surface area contributed by atoms with Crippen LogP contribution in [0.1, 0.15) is 0 Å². The average Bonchev–Trinajstić information content (AvgIpc) is 2.26. The molecule has 0 saturated carbocycles. The molecule has 0 amide bonds. The molecule has 0 fully saturated rings. The molecule has 0 radical (unpaired) electrons. The van der Waals surface area contributed by atoms with Crippen molar-refractivity contribution in [3.63, 3.8) is 0 Å². The van der Waals surface area contributed by atoms with E-state index < -0.39 is 0 Å². The summed E-state index contributed by atoms with van der Waals surface area (Å²) in [6.07, 6.45) is 1.78. The van der Waals surface area contributed by atoms with Crippen molar-refractivity contribution >= 4 is 11.9 Å². The number of anilines is 1. The van der Waals surface area contributed by atoms with E-state index in [1.165, 1.54) is 0 Å². The highest BCUT2D eigenvalue weighted by atomic mass is 16.5. The Bertz CT molecular complexity index is 437. The number of ether oxygens (including phenoxy) is 1. The lowest BCUT2D eigenvalue weighted by atomic mass is 10.2. The Morgan fingerprint density at radius 2 is 2.21 bits per heavy atom. The van der Waals surface area contributed by atoms with Gasteiger partial charge in [0.15, 0.2) is 5.75 Å². The van der Waals surface area contributed by atoms with E-state index in [-0.39, 0.29) is 0 Å². The van der Waals surface area contributed by atoms with Crippen molar-refractivity contribution in [3.05, 3.63) is 35.8 Å². The molecule has 1 aromatic rings. The van der Waals surface area contributed by atoms with Crippen LogP contribution >= 0.6 is 0 Å². The second-order valence-electron chi connectivity index (χ2n) is 3.11. The number of allylic oxidation sites excluding steroid dienone is 1. The van der Waals surface area contributed by atoms with Crippen LogP contribution in [0.2, 0.25) is 0 Å². The Morgan fingerprint density at radius 1 is 1.29 bits per heavy atom. The van der Waals surface area contributed by atoms with Crippen molar-refractivity contribution in [2.24, 2.45) is 4.99 Å². The van der Waals surface area contributed by atoms with E-state index in [2.05, 4.69) is 15.6 Å². The minimum absolute atomic E-state index is 0.572. The van der Waals surface area contributed by atoms with Gasteiger partial charge in [-0.15, -0.1) is 0 Å². The maximum absolute atomic E-state index is 5.65. The van der Waals surface area contributed by atoms with Crippen LogP contribution in [-0.2, 0) is 0 Å². The predicted octanol–water partition coefficient (Wildman–Crippen LogP) is 1.29. The van der Waals surface area contributed by atoms with Crippen molar-refractivity contribution in [3.8, 4) is 5.75 Å². The van der Waals surface area contributed by atoms with Crippen LogP contribution in [0.3, 0.4) is 0 Å². The molecule has 0 bridgehead atoms. The van der Waals surface area contributed by atoms with Gasteiger partial charge in [0.1, 0.15) is 12.4 Å². The van der Waals surface area contributed by atoms with Gasteiger partial charge in [0, 0.05) is 0 Å². The van der Waals surface area contributed by atoms with Gasteiger partial charge in [-0.3, -0.25) is 4.99 Å². The first kappa shape index (κ1) is 7.44. The van der Waals surface area contributed by atoms with Gasteiger partial charge in [0.25, 0.3) is 0 Å². The third-order valence-electron chi connectivity index (χ3n) is 2.16. The molecule has 1 aromatic carbocycles. The van der Waals surface area contributed by atoms with E-state index in [0.717, 1.165) is 23.0 Å². The topological polar surface area (TPSA) is 45.7 Å². The molecule has 2 heterocycles. The van der Waals surface area contributed by atoms with Gasteiger partial charge in [-0.05, 0) is 12.1 Å². The van der Waals surface area contributed by atoms with Crippen LogP contribution in [0.4, 0.5) is 5.69 Å². The Kier molecular flexibility index (Phi) is 1.47. The summed E-state index contributed by atoms with van der Waals surface area (Å²) >= 11 is 0. The number of hydrogen-bond donors (Lipinski definition) is 2. The monoisotopic (exact) mass is 187 g/mol. The van der Waals surface area contributed by atoms with Crippen LogP contribution in [-0.4, -0.2) is 12.9 Å². The highest BCUT2D eigenvalue weighted by Gasteiger charge is 2.18. The summed E-state index contributed by atoms with van der Waals surface area (Å²) in [5.41, 5.74) is 1.86. The number of nitrogens with zero attached hydrogens (tertiary/aromatic N) is 1. The second kappa shape index (κ2) is 2.77. The van der Waals surface area contributed by atoms with Crippen LogP contribution < -0.4 is 15.4 Å². The van der Waals surface area contributed by atoms with E-state index in [9.17, 15) is 0 Å². The maximum Gasteiger partial charge on any atom is 0.220 e. The predicted molar refractivity (Wildman–Crippen MR) is 54.2 cm³/mol. The fourth-order valence-corrected chi connectivity index (χ4v) is 1.50. The number of para-hydroxylation sites is 2. The van der Waals surface area contributed by atoms with Crippen LogP contribution in [0.5, 0.6) is 5.75 Å². The largest absolute Gasteiger partial charge is 0.437 e. The zero-order valence-corrected chi connectivity index (χ0v) is 7.45. The quantitative estimate of drug-likeness (QED) is 0.643. The zero-order chi connectivity index (χ0) is 9.38. The van der Waals surface area contributed by atoms with Crippen molar-refractivity contribution in [2.45, 2.75) is 0 Å². The SMILES string of the molecule is C1=NCNC2=C1Nc1ccccc1O2. The fourth-order valence-electron chi connectivity index (χ4n) is 1.50. The lowest BCUT2D eigenvalue weighted by molar-refractivity contribution is 0.372. The van der Waals surface area contributed by atoms with Gasteiger partial charge in [0.05, 0.1) is 11.9 Å². The summed E-state index contributed by atoms with van der Waals surface area (Å²) in [6, 6.07) is 7.82. The number of nitrogens with one attached hydrogen (secondary N) is 2. The molecule has 0 spiro atoms. The van der Waals surface area contributed by atoms with E-state index in [1.807, 2.05) is 24.3 Å². The second-order valence-corrected chi connectivity index (χ2v) is 3.11. The third-order valence-corrected chi connectivity index (χ3v) is 2.16. The molecule has 14 heavy (non-hydrogen) atoms. The summed E-state index contributed by atoms with van der Waals surface area (Å²) in [6.45, 7) is 0.572. The molecule has 0 aromatic heterocycles. The van der Waals surface area contributed by atoms with Gasteiger partial charge in [0.2, 0.25) is 5.88 Å². The minimum Gasteiger partial charge on any atom is -0.437 e.